The van der Waals surface area contributed by atoms with E-state index in [9.17, 15) is 15.0 Å². The van der Waals surface area contributed by atoms with Gasteiger partial charge in [0.25, 0.3) is 0 Å². The molecule has 5 atom stereocenters. The number of hydrogen-bond acceptors (Lipinski definition) is 4. The van der Waals surface area contributed by atoms with Gasteiger partial charge in [0.1, 0.15) is 0 Å². The number of allylic oxidation sites excluding steroid dienone is 2. The highest BCUT2D eigenvalue weighted by Crippen LogP contribution is 2.54. The van der Waals surface area contributed by atoms with Gasteiger partial charge in [-0.3, -0.25) is 4.79 Å². The minimum atomic E-state index is -0.933. The van der Waals surface area contributed by atoms with Gasteiger partial charge in [-0.15, -0.1) is 13.2 Å². The van der Waals surface area contributed by atoms with Gasteiger partial charge in [0.05, 0.1) is 24.7 Å². The van der Waals surface area contributed by atoms with Crippen LogP contribution in [0.5, 0.6) is 0 Å². The van der Waals surface area contributed by atoms with Gasteiger partial charge in [-0.2, -0.15) is 0 Å². The van der Waals surface area contributed by atoms with Crippen LogP contribution in [0, 0.1) is 23.2 Å². The van der Waals surface area contributed by atoms with Gasteiger partial charge in [-0.25, -0.2) is 0 Å². The summed E-state index contributed by atoms with van der Waals surface area (Å²) >= 11 is 0. The topological polar surface area (TPSA) is 66.8 Å². The van der Waals surface area contributed by atoms with Crippen LogP contribution in [-0.4, -0.2) is 35.5 Å². The summed E-state index contributed by atoms with van der Waals surface area (Å²) in [6.45, 7) is 7.47. The average Bonchev–Trinajstić information content (AvgIpc) is 2.75. The van der Waals surface area contributed by atoms with Crippen molar-refractivity contribution in [2.24, 2.45) is 23.2 Å². The van der Waals surface area contributed by atoms with Crippen LogP contribution in [0.25, 0.3) is 0 Å². The first-order chi connectivity index (χ1) is 9.09. The minimum Gasteiger partial charge on any atom is -0.465 e. The fourth-order valence-electron chi connectivity index (χ4n) is 3.71. The maximum atomic E-state index is 12.3. The SMILES string of the molecule is C=C[C@H]1CC[C@@H](C=C)[C@@]2(C1)C(=O)OC[C@@H]2[C@@H](O)CO. The summed E-state index contributed by atoms with van der Waals surface area (Å²) in [5.41, 5.74) is -0.749. The summed E-state index contributed by atoms with van der Waals surface area (Å²) in [6, 6.07) is 0. The minimum absolute atomic E-state index is 0.00935. The normalized spacial score (nSPS) is 39.9. The van der Waals surface area contributed by atoms with Gasteiger partial charge < -0.3 is 14.9 Å². The zero-order chi connectivity index (χ0) is 14.0. The first kappa shape index (κ1) is 14.3. The molecule has 106 valence electrons. The van der Waals surface area contributed by atoms with E-state index in [1.165, 1.54) is 0 Å². The second kappa shape index (κ2) is 5.47. The Kier molecular flexibility index (Phi) is 4.11. The van der Waals surface area contributed by atoms with Crippen LogP contribution in [0.1, 0.15) is 19.3 Å². The predicted molar refractivity (Wildman–Crippen MR) is 71.2 cm³/mol. The summed E-state index contributed by atoms with van der Waals surface area (Å²) in [6.07, 6.45) is 5.16. The molecule has 0 bridgehead atoms. The molecule has 0 aromatic heterocycles. The standard InChI is InChI=1S/C15H22O4/c1-3-10-5-6-11(4-2)15(7-10)12(13(17)8-16)9-19-14(15)18/h3-4,10-13,16-17H,1-2,5-9H2/t10-,11+,12+,13-,15+/m0/s1. The van der Waals surface area contributed by atoms with Crippen LogP contribution < -0.4 is 0 Å². The lowest BCUT2D eigenvalue weighted by Crippen LogP contribution is -2.49. The third-order valence-electron chi connectivity index (χ3n) is 4.82. The molecule has 0 amide bonds. The van der Waals surface area contributed by atoms with E-state index in [-0.39, 0.29) is 36.9 Å². The molecular weight excluding hydrogens is 244 g/mol. The molecule has 4 nitrogen and oxygen atoms in total. The first-order valence-electron chi connectivity index (χ1n) is 6.81. The van der Waals surface area contributed by atoms with Gasteiger partial charge in [0, 0.05) is 5.92 Å². The van der Waals surface area contributed by atoms with Crippen LogP contribution >= 0.6 is 0 Å². The molecule has 1 saturated heterocycles. The lowest BCUT2D eigenvalue weighted by atomic mass is 9.57. The van der Waals surface area contributed by atoms with Gasteiger partial charge in [0.2, 0.25) is 0 Å². The average molecular weight is 266 g/mol. The van der Waals surface area contributed by atoms with Crippen LogP contribution in [0.3, 0.4) is 0 Å². The molecule has 1 heterocycles. The quantitative estimate of drug-likeness (QED) is 0.594. The van der Waals surface area contributed by atoms with Crippen molar-refractivity contribution in [2.45, 2.75) is 25.4 Å². The Labute approximate surface area is 113 Å². The number of aliphatic hydroxyl groups excluding tert-OH is 2. The van der Waals surface area contributed by atoms with Crippen molar-refractivity contribution >= 4 is 5.97 Å². The number of aliphatic hydroxyl groups is 2. The molecule has 0 unspecified atom stereocenters. The molecule has 2 N–H and O–H groups in total. The fraction of sp³-hybridized carbons (Fsp3) is 0.667. The highest BCUT2D eigenvalue weighted by Gasteiger charge is 2.59. The summed E-state index contributed by atoms with van der Waals surface area (Å²) in [5.74, 6) is -0.391. The lowest BCUT2D eigenvalue weighted by Gasteiger charge is -2.44. The number of carbonyl (C=O) groups excluding carboxylic acids is 1. The fourth-order valence-corrected chi connectivity index (χ4v) is 3.71. The summed E-state index contributed by atoms with van der Waals surface area (Å²) in [4.78, 5) is 12.3. The van der Waals surface area contributed by atoms with Crippen molar-refractivity contribution in [2.75, 3.05) is 13.2 Å². The van der Waals surface area contributed by atoms with Crippen molar-refractivity contribution in [3.63, 3.8) is 0 Å². The molecule has 2 aliphatic rings. The van der Waals surface area contributed by atoms with Crippen molar-refractivity contribution in [1.82, 2.24) is 0 Å². The smallest absolute Gasteiger partial charge is 0.313 e. The lowest BCUT2D eigenvalue weighted by molar-refractivity contribution is -0.152. The van der Waals surface area contributed by atoms with Crippen molar-refractivity contribution in [3.05, 3.63) is 25.3 Å². The van der Waals surface area contributed by atoms with E-state index in [2.05, 4.69) is 13.2 Å². The van der Waals surface area contributed by atoms with E-state index in [1.54, 1.807) is 6.08 Å². The first-order valence-corrected chi connectivity index (χ1v) is 6.81. The molecule has 19 heavy (non-hydrogen) atoms. The molecular formula is C15H22O4. The second-order valence-electron chi connectivity index (χ2n) is 5.61. The molecule has 1 aliphatic carbocycles. The van der Waals surface area contributed by atoms with Crippen LogP contribution in [0.2, 0.25) is 0 Å². The Morgan fingerprint density at radius 3 is 2.74 bits per heavy atom. The molecule has 2 rings (SSSR count). The maximum absolute atomic E-state index is 12.3. The Morgan fingerprint density at radius 1 is 1.42 bits per heavy atom. The Hall–Kier alpha value is -1.13. The number of ether oxygens (including phenoxy) is 1. The Bertz CT molecular complexity index is 378. The van der Waals surface area contributed by atoms with Gasteiger partial charge in [0.15, 0.2) is 0 Å². The van der Waals surface area contributed by atoms with Crippen molar-refractivity contribution in [1.29, 1.82) is 0 Å². The Balaban J connectivity index is 2.39. The molecule has 0 aromatic rings. The molecule has 1 spiro atoms. The van der Waals surface area contributed by atoms with E-state index in [0.29, 0.717) is 6.42 Å². The van der Waals surface area contributed by atoms with E-state index in [1.807, 2.05) is 6.08 Å². The summed E-state index contributed by atoms with van der Waals surface area (Å²) < 4.78 is 5.21. The maximum Gasteiger partial charge on any atom is 0.313 e. The van der Waals surface area contributed by atoms with Crippen LogP contribution in [0.15, 0.2) is 25.3 Å². The highest BCUT2D eigenvalue weighted by atomic mass is 16.5. The number of carbonyl (C=O) groups is 1. The van der Waals surface area contributed by atoms with Gasteiger partial charge in [-0.1, -0.05) is 12.2 Å². The van der Waals surface area contributed by atoms with Gasteiger partial charge in [-0.05, 0) is 31.1 Å². The van der Waals surface area contributed by atoms with Crippen LogP contribution in [-0.2, 0) is 9.53 Å². The number of cyclic esters (lactones) is 1. The summed E-state index contributed by atoms with van der Waals surface area (Å²) in [5, 5.41) is 19.2. The number of rotatable bonds is 4. The monoisotopic (exact) mass is 266 g/mol. The molecule has 2 fully saturated rings. The second-order valence-corrected chi connectivity index (χ2v) is 5.61. The molecule has 1 saturated carbocycles. The summed E-state index contributed by atoms with van der Waals surface area (Å²) in [7, 11) is 0. The van der Waals surface area contributed by atoms with E-state index in [4.69, 9.17) is 4.74 Å². The van der Waals surface area contributed by atoms with E-state index in [0.717, 1.165) is 12.8 Å². The van der Waals surface area contributed by atoms with E-state index < -0.39 is 11.5 Å². The number of hydrogen-bond donors (Lipinski definition) is 2. The largest absolute Gasteiger partial charge is 0.465 e. The predicted octanol–water partition coefficient (Wildman–Crippen LogP) is 1.29. The zero-order valence-corrected chi connectivity index (χ0v) is 11.1. The van der Waals surface area contributed by atoms with Gasteiger partial charge >= 0.3 is 5.97 Å². The molecule has 0 radical (unpaired) electrons. The van der Waals surface area contributed by atoms with Crippen molar-refractivity contribution < 1.29 is 19.7 Å². The number of esters is 1. The Morgan fingerprint density at radius 2 is 2.16 bits per heavy atom. The highest BCUT2D eigenvalue weighted by molar-refractivity contribution is 5.80. The molecule has 1 aliphatic heterocycles. The third kappa shape index (κ3) is 2.13. The molecule has 0 aromatic carbocycles. The zero-order valence-electron chi connectivity index (χ0n) is 11.1. The third-order valence-corrected chi connectivity index (χ3v) is 4.82. The van der Waals surface area contributed by atoms with Crippen LogP contribution in [0.4, 0.5) is 0 Å². The molecule has 4 heteroatoms. The van der Waals surface area contributed by atoms with Crippen molar-refractivity contribution in [3.8, 4) is 0 Å². The van der Waals surface area contributed by atoms with E-state index >= 15 is 0 Å².